The molecule has 0 aliphatic carbocycles. The normalized spacial score (nSPS) is 10.5. The van der Waals surface area contributed by atoms with Crippen LogP contribution in [0.2, 0.25) is 0 Å². The average molecular weight is 386 g/mol. The van der Waals surface area contributed by atoms with Crippen molar-refractivity contribution in [2.24, 2.45) is 0 Å². The molecule has 0 aliphatic heterocycles. The maximum atomic E-state index is 13.6. The number of aryl methyl sites for hydroxylation is 1. The number of anilines is 1. The van der Waals surface area contributed by atoms with Gasteiger partial charge in [0.2, 0.25) is 5.91 Å². The Bertz CT molecular complexity index is 942. The van der Waals surface area contributed by atoms with Gasteiger partial charge in [-0.1, -0.05) is 18.2 Å². The van der Waals surface area contributed by atoms with Crippen LogP contribution in [0.3, 0.4) is 0 Å². The fourth-order valence-corrected chi connectivity index (χ4v) is 3.33. The predicted molar refractivity (Wildman–Crippen MR) is 104 cm³/mol. The largest absolute Gasteiger partial charge is 0.497 e. The van der Waals surface area contributed by atoms with E-state index in [4.69, 9.17) is 9.47 Å². The zero-order valence-electron chi connectivity index (χ0n) is 15.0. The second-order valence-electron chi connectivity index (χ2n) is 5.74. The molecule has 0 saturated carbocycles. The quantitative estimate of drug-likeness (QED) is 0.648. The first-order chi connectivity index (χ1) is 13.1. The van der Waals surface area contributed by atoms with E-state index in [0.29, 0.717) is 34.3 Å². The number of nitrogens with zero attached hydrogens (tertiary/aromatic N) is 1. The van der Waals surface area contributed by atoms with E-state index in [1.54, 1.807) is 44.6 Å². The van der Waals surface area contributed by atoms with Crippen LogP contribution >= 0.6 is 11.3 Å². The summed E-state index contributed by atoms with van der Waals surface area (Å²) in [6, 6.07) is 11.9. The van der Waals surface area contributed by atoms with E-state index in [1.165, 1.54) is 17.4 Å². The third kappa shape index (κ3) is 4.62. The molecule has 1 aromatic heterocycles. The summed E-state index contributed by atoms with van der Waals surface area (Å²) in [7, 11) is 3.18. The molecule has 27 heavy (non-hydrogen) atoms. The maximum absolute atomic E-state index is 13.6. The minimum absolute atomic E-state index is 0.179. The van der Waals surface area contributed by atoms with Crippen LogP contribution in [0.5, 0.6) is 11.5 Å². The highest BCUT2D eigenvalue weighted by atomic mass is 32.1. The molecule has 0 fully saturated rings. The third-order valence-electron chi connectivity index (χ3n) is 4.01. The highest BCUT2D eigenvalue weighted by Crippen LogP contribution is 2.35. The molecule has 0 aliphatic rings. The first-order valence-electron chi connectivity index (χ1n) is 8.32. The fraction of sp³-hybridized carbons (Fsp3) is 0.200. The van der Waals surface area contributed by atoms with Crippen LogP contribution in [0.25, 0.3) is 11.3 Å². The highest BCUT2D eigenvalue weighted by Gasteiger charge is 2.13. The van der Waals surface area contributed by atoms with Crippen molar-refractivity contribution in [1.29, 1.82) is 0 Å². The van der Waals surface area contributed by atoms with E-state index in [0.717, 1.165) is 5.56 Å². The first kappa shape index (κ1) is 18.8. The van der Waals surface area contributed by atoms with Crippen molar-refractivity contribution in [2.45, 2.75) is 12.8 Å². The second kappa shape index (κ2) is 8.64. The lowest BCUT2D eigenvalue weighted by Gasteiger charge is -2.08. The van der Waals surface area contributed by atoms with Gasteiger partial charge in [-0.2, -0.15) is 0 Å². The number of amides is 1. The smallest absolute Gasteiger partial charge is 0.226 e. The van der Waals surface area contributed by atoms with Gasteiger partial charge >= 0.3 is 0 Å². The zero-order chi connectivity index (χ0) is 19.2. The van der Waals surface area contributed by atoms with Gasteiger partial charge in [-0.25, -0.2) is 9.37 Å². The van der Waals surface area contributed by atoms with E-state index in [2.05, 4.69) is 10.3 Å². The minimum atomic E-state index is -0.299. The lowest BCUT2D eigenvalue weighted by atomic mass is 10.1. The summed E-state index contributed by atoms with van der Waals surface area (Å²) in [5.41, 5.74) is 1.98. The number of nitrogens with one attached hydrogen (secondary N) is 1. The molecule has 0 bridgehead atoms. The Balaban J connectivity index is 1.67. The molecule has 0 unspecified atom stereocenters. The van der Waals surface area contributed by atoms with Crippen molar-refractivity contribution in [3.63, 3.8) is 0 Å². The van der Waals surface area contributed by atoms with Crippen molar-refractivity contribution in [3.8, 4) is 22.8 Å². The standard InChI is InChI=1S/C20H19FN2O3S/c1-25-14-8-9-18(26-2)15(11-14)17-12-27-20(22-17)23-19(24)10-7-13-5-3-4-6-16(13)21/h3-6,8-9,11-12H,7,10H2,1-2H3,(H,22,23,24). The molecular formula is C20H19FN2O3S. The molecule has 140 valence electrons. The molecule has 7 heteroatoms. The summed E-state index contributed by atoms with van der Waals surface area (Å²) >= 11 is 1.32. The van der Waals surface area contributed by atoms with Crippen LogP contribution in [0, 0.1) is 5.82 Å². The van der Waals surface area contributed by atoms with Crippen LogP contribution in [0.1, 0.15) is 12.0 Å². The summed E-state index contributed by atoms with van der Waals surface area (Å²) < 4.78 is 24.3. The number of aromatic nitrogens is 1. The van der Waals surface area contributed by atoms with Crippen LogP contribution < -0.4 is 14.8 Å². The lowest BCUT2D eigenvalue weighted by molar-refractivity contribution is -0.116. The van der Waals surface area contributed by atoms with Crippen LogP contribution in [0.4, 0.5) is 9.52 Å². The summed E-state index contributed by atoms with van der Waals surface area (Å²) in [4.78, 5) is 16.6. The Morgan fingerprint density at radius 3 is 2.74 bits per heavy atom. The molecule has 0 saturated heterocycles. The number of ether oxygens (including phenoxy) is 2. The number of carbonyl (C=O) groups excluding carboxylic acids is 1. The molecule has 1 amide bonds. The number of hydrogen-bond acceptors (Lipinski definition) is 5. The van der Waals surface area contributed by atoms with Crippen LogP contribution in [-0.2, 0) is 11.2 Å². The Labute approximate surface area is 160 Å². The Kier molecular flexibility index (Phi) is 6.03. The molecule has 0 atom stereocenters. The molecule has 0 spiro atoms. The number of rotatable bonds is 7. The summed E-state index contributed by atoms with van der Waals surface area (Å²) in [5.74, 6) is 0.844. The number of benzene rings is 2. The molecule has 1 heterocycles. The molecule has 2 aromatic carbocycles. The van der Waals surface area contributed by atoms with E-state index in [1.807, 2.05) is 11.4 Å². The number of carbonyl (C=O) groups is 1. The lowest BCUT2D eigenvalue weighted by Crippen LogP contribution is -2.12. The van der Waals surface area contributed by atoms with Crippen molar-refractivity contribution < 1.29 is 18.7 Å². The number of hydrogen-bond donors (Lipinski definition) is 1. The van der Waals surface area contributed by atoms with E-state index < -0.39 is 0 Å². The van der Waals surface area contributed by atoms with E-state index in [-0.39, 0.29) is 18.1 Å². The monoisotopic (exact) mass is 386 g/mol. The van der Waals surface area contributed by atoms with Gasteiger partial charge in [0.1, 0.15) is 17.3 Å². The minimum Gasteiger partial charge on any atom is -0.497 e. The molecule has 3 aromatic rings. The SMILES string of the molecule is COc1ccc(OC)c(-c2csc(NC(=O)CCc3ccccc3F)n2)c1. The second-order valence-corrected chi connectivity index (χ2v) is 6.60. The van der Waals surface area contributed by atoms with Crippen molar-refractivity contribution in [2.75, 3.05) is 19.5 Å². The first-order valence-corrected chi connectivity index (χ1v) is 9.20. The zero-order valence-corrected chi connectivity index (χ0v) is 15.8. The Morgan fingerprint density at radius 1 is 1.19 bits per heavy atom. The van der Waals surface area contributed by atoms with Gasteiger partial charge in [-0.15, -0.1) is 11.3 Å². The van der Waals surface area contributed by atoms with Crippen molar-refractivity contribution in [3.05, 3.63) is 59.2 Å². The van der Waals surface area contributed by atoms with Crippen molar-refractivity contribution >= 4 is 22.4 Å². The number of methoxy groups -OCH3 is 2. The van der Waals surface area contributed by atoms with Gasteiger partial charge < -0.3 is 14.8 Å². The third-order valence-corrected chi connectivity index (χ3v) is 4.77. The van der Waals surface area contributed by atoms with Crippen LogP contribution in [-0.4, -0.2) is 25.1 Å². The summed E-state index contributed by atoms with van der Waals surface area (Å²) in [6.45, 7) is 0. The summed E-state index contributed by atoms with van der Waals surface area (Å²) in [6.07, 6.45) is 0.513. The van der Waals surface area contributed by atoms with Gasteiger partial charge in [-0.05, 0) is 36.2 Å². The van der Waals surface area contributed by atoms with Gasteiger partial charge in [0, 0.05) is 17.4 Å². The molecule has 3 rings (SSSR count). The summed E-state index contributed by atoms with van der Waals surface area (Å²) in [5, 5.41) is 5.08. The molecule has 5 nitrogen and oxygen atoms in total. The van der Waals surface area contributed by atoms with Gasteiger partial charge in [0.15, 0.2) is 5.13 Å². The number of halogens is 1. The molecule has 1 N–H and O–H groups in total. The predicted octanol–water partition coefficient (Wildman–Crippen LogP) is 4.54. The maximum Gasteiger partial charge on any atom is 0.226 e. The van der Waals surface area contributed by atoms with E-state index >= 15 is 0 Å². The van der Waals surface area contributed by atoms with Gasteiger partial charge in [0.25, 0.3) is 0 Å². The molecule has 0 radical (unpaired) electrons. The number of thiazole rings is 1. The molecular weight excluding hydrogens is 367 g/mol. The van der Waals surface area contributed by atoms with E-state index in [9.17, 15) is 9.18 Å². The van der Waals surface area contributed by atoms with Crippen LogP contribution in [0.15, 0.2) is 47.8 Å². The van der Waals surface area contributed by atoms with Gasteiger partial charge in [-0.3, -0.25) is 4.79 Å². The Hall–Kier alpha value is -2.93. The topological polar surface area (TPSA) is 60.5 Å². The highest BCUT2D eigenvalue weighted by molar-refractivity contribution is 7.14. The van der Waals surface area contributed by atoms with Crippen molar-refractivity contribution in [1.82, 2.24) is 4.98 Å². The average Bonchev–Trinajstić information content (AvgIpc) is 3.15. The van der Waals surface area contributed by atoms with Gasteiger partial charge in [0.05, 0.1) is 19.9 Å². The Morgan fingerprint density at radius 2 is 2.00 bits per heavy atom. The fourth-order valence-electron chi connectivity index (χ4n) is 2.60.